The normalized spacial score (nSPS) is 17.6. The van der Waals surface area contributed by atoms with Crippen molar-refractivity contribution in [3.63, 3.8) is 0 Å². The van der Waals surface area contributed by atoms with Crippen molar-refractivity contribution in [1.82, 2.24) is 5.32 Å². The van der Waals surface area contributed by atoms with Crippen molar-refractivity contribution in [2.45, 2.75) is 39.2 Å². The van der Waals surface area contributed by atoms with Crippen LogP contribution in [-0.4, -0.2) is 18.5 Å². The summed E-state index contributed by atoms with van der Waals surface area (Å²) in [5, 5.41) is 6.13. The van der Waals surface area contributed by atoms with E-state index in [0.29, 0.717) is 5.92 Å². The maximum atomic E-state index is 11.9. The summed E-state index contributed by atoms with van der Waals surface area (Å²) in [6.07, 6.45) is 2.90. The molecule has 2 N–H and O–H groups in total. The number of benzene rings is 1. The molecule has 1 atom stereocenters. The summed E-state index contributed by atoms with van der Waals surface area (Å²) in [4.78, 5) is 11.9. The van der Waals surface area contributed by atoms with Gasteiger partial charge in [-0.25, -0.2) is 0 Å². The number of carbonyl (C=O) groups excluding carboxylic acids is 1. The Balaban J connectivity index is 1.90. The number of amides is 1. The largest absolute Gasteiger partial charge is 0.325 e. The van der Waals surface area contributed by atoms with Gasteiger partial charge in [-0.15, -0.1) is 0 Å². The van der Waals surface area contributed by atoms with Crippen LogP contribution in [0.1, 0.15) is 38.7 Å². The molecule has 106 valence electrons. The third-order valence-electron chi connectivity index (χ3n) is 3.27. The number of nitrogens with one attached hydrogen (secondary N) is 2. The quantitative estimate of drug-likeness (QED) is 0.829. The molecule has 1 unspecified atom stereocenters. The zero-order valence-electron chi connectivity index (χ0n) is 12.2. The first-order valence-electron chi connectivity index (χ1n) is 7.28. The van der Waals surface area contributed by atoms with Gasteiger partial charge in [-0.3, -0.25) is 4.79 Å². The third kappa shape index (κ3) is 4.40. The molecule has 1 fully saturated rings. The summed E-state index contributed by atoms with van der Waals surface area (Å²) in [6, 6.07) is 7.68. The lowest BCUT2D eigenvalue weighted by Crippen LogP contribution is -2.35. The molecule has 2 rings (SSSR count). The monoisotopic (exact) mass is 270 g/mol. The fourth-order valence-corrected chi connectivity index (χ4v) is 2.13. The highest BCUT2D eigenvalue weighted by Gasteiger charge is 2.21. The Labute approximate surface area is 121 Å². The van der Waals surface area contributed by atoms with E-state index in [1.165, 1.54) is 0 Å². The van der Waals surface area contributed by atoms with Crippen LogP contribution in [0.25, 0.3) is 0 Å². The Morgan fingerprint density at radius 3 is 2.75 bits per heavy atom. The molecule has 1 aromatic carbocycles. The Kier molecular flexibility index (Phi) is 5.20. The van der Waals surface area contributed by atoms with Gasteiger partial charge in [0.25, 0.3) is 0 Å². The molecule has 0 saturated carbocycles. The highest BCUT2D eigenvalue weighted by Crippen LogP contribution is 2.12. The van der Waals surface area contributed by atoms with Crippen LogP contribution >= 0.6 is 0 Å². The van der Waals surface area contributed by atoms with Crippen LogP contribution < -0.4 is 10.6 Å². The van der Waals surface area contributed by atoms with E-state index in [9.17, 15) is 4.79 Å². The smallest absolute Gasteiger partial charge is 0.241 e. The number of carbonyl (C=O) groups is 1. The van der Waals surface area contributed by atoms with E-state index in [4.69, 9.17) is 0 Å². The molecule has 0 spiro atoms. The molecule has 3 heteroatoms. The highest BCUT2D eigenvalue weighted by molar-refractivity contribution is 5.95. The lowest BCUT2D eigenvalue weighted by Gasteiger charge is -2.10. The Bertz CT molecular complexity index is 502. The molecular weight excluding hydrogens is 248 g/mol. The van der Waals surface area contributed by atoms with E-state index in [-0.39, 0.29) is 11.9 Å². The van der Waals surface area contributed by atoms with E-state index in [1.807, 2.05) is 24.3 Å². The third-order valence-corrected chi connectivity index (χ3v) is 3.27. The summed E-state index contributed by atoms with van der Waals surface area (Å²) in [5.74, 6) is 6.95. The summed E-state index contributed by atoms with van der Waals surface area (Å²) in [7, 11) is 0. The average Bonchev–Trinajstić information content (AvgIpc) is 2.94. The van der Waals surface area contributed by atoms with Gasteiger partial charge in [-0.05, 0) is 49.6 Å². The second-order valence-electron chi connectivity index (χ2n) is 5.62. The van der Waals surface area contributed by atoms with Crippen molar-refractivity contribution < 1.29 is 4.79 Å². The second kappa shape index (κ2) is 7.12. The SMILES string of the molecule is CC(C)CC#Cc1ccc(NC(=O)C2CCCN2)cc1. The Hall–Kier alpha value is -1.79. The molecule has 1 heterocycles. The first kappa shape index (κ1) is 14.6. The van der Waals surface area contributed by atoms with Crippen LogP contribution in [0.15, 0.2) is 24.3 Å². The first-order chi connectivity index (χ1) is 9.65. The van der Waals surface area contributed by atoms with Gasteiger partial charge in [0, 0.05) is 17.7 Å². The van der Waals surface area contributed by atoms with Gasteiger partial charge in [-0.1, -0.05) is 25.7 Å². The van der Waals surface area contributed by atoms with Gasteiger partial charge in [0.1, 0.15) is 0 Å². The van der Waals surface area contributed by atoms with Gasteiger partial charge in [0.2, 0.25) is 5.91 Å². The summed E-state index contributed by atoms with van der Waals surface area (Å²) in [6.45, 7) is 5.25. The predicted molar refractivity (Wildman–Crippen MR) is 82.4 cm³/mol. The lowest BCUT2D eigenvalue weighted by molar-refractivity contribution is -0.117. The number of hydrogen-bond acceptors (Lipinski definition) is 2. The molecular formula is C17H22N2O. The minimum atomic E-state index is -0.0412. The van der Waals surface area contributed by atoms with E-state index in [2.05, 4.69) is 36.3 Å². The fraction of sp³-hybridized carbons (Fsp3) is 0.471. The topological polar surface area (TPSA) is 41.1 Å². The molecule has 0 radical (unpaired) electrons. The maximum absolute atomic E-state index is 11.9. The van der Waals surface area contributed by atoms with Crippen LogP contribution in [0.4, 0.5) is 5.69 Å². The van der Waals surface area contributed by atoms with E-state index >= 15 is 0 Å². The number of anilines is 1. The molecule has 3 nitrogen and oxygen atoms in total. The Morgan fingerprint density at radius 1 is 1.40 bits per heavy atom. The zero-order valence-corrected chi connectivity index (χ0v) is 12.2. The van der Waals surface area contributed by atoms with E-state index < -0.39 is 0 Å². The highest BCUT2D eigenvalue weighted by atomic mass is 16.2. The molecule has 1 aliphatic heterocycles. The van der Waals surface area contributed by atoms with Crippen LogP contribution in [0.3, 0.4) is 0 Å². The molecule has 1 saturated heterocycles. The molecule has 0 bridgehead atoms. The standard InChI is InChI=1S/C17H22N2O/c1-13(2)5-3-6-14-8-10-15(11-9-14)19-17(20)16-7-4-12-18-16/h8-11,13,16,18H,4-5,7,12H2,1-2H3,(H,19,20). The fourth-order valence-electron chi connectivity index (χ4n) is 2.13. The molecule has 1 aliphatic rings. The van der Waals surface area contributed by atoms with Crippen molar-refractivity contribution in [3.8, 4) is 11.8 Å². The van der Waals surface area contributed by atoms with Crippen LogP contribution in [-0.2, 0) is 4.79 Å². The van der Waals surface area contributed by atoms with E-state index in [1.54, 1.807) is 0 Å². The number of hydrogen-bond donors (Lipinski definition) is 2. The van der Waals surface area contributed by atoms with Crippen LogP contribution in [0.2, 0.25) is 0 Å². The Morgan fingerprint density at radius 2 is 2.15 bits per heavy atom. The zero-order chi connectivity index (χ0) is 14.4. The van der Waals surface area contributed by atoms with Gasteiger partial charge >= 0.3 is 0 Å². The van der Waals surface area contributed by atoms with Crippen LogP contribution in [0.5, 0.6) is 0 Å². The second-order valence-corrected chi connectivity index (χ2v) is 5.62. The summed E-state index contributed by atoms with van der Waals surface area (Å²) in [5.41, 5.74) is 1.82. The van der Waals surface area contributed by atoms with Gasteiger partial charge < -0.3 is 10.6 Å². The van der Waals surface area contributed by atoms with Crippen molar-refractivity contribution in [2.24, 2.45) is 5.92 Å². The van der Waals surface area contributed by atoms with Crippen molar-refractivity contribution in [3.05, 3.63) is 29.8 Å². The summed E-state index contributed by atoms with van der Waals surface area (Å²) < 4.78 is 0. The maximum Gasteiger partial charge on any atom is 0.241 e. The van der Waals surface area contributed by atoms with Crippen molar-refractivity contribution >= 4 is 11.6 Å². The predicted octanol–water partition coefficient (Wildman–Crippen LogP) is 2.77. The van der Waals surface area contributed by atoms with Gasteiger partial charge in [-0.2, -0.15) is 0 Å². The van der Waals surface area contributed by atoms with Gasteiger partial charge in [0.05, 0.1) is 6.04 Å². The molecule has 0 aliphatic carbocycles. The minimum absolute atomic E-state index is 0.0412. The molecule has 0 aromatic heterocycles. The first-order valence-corrected chi connectivity index (χ1v) is 7.28. The number of rotatable bonds is 3. The van der Waals surface area contributed by atoms with E-state index in [0.717, 1.165) is 37.1 Å². The lowest BCUT2D eigenvalue weighted by atomic mass is 10.1. The summed E-state index contributed by atoms with van der Waals surface area (Å²) >= 11 is 0. The molecule has 1 amide bonds. The van der Waals surface area contributed by atoms with Gasteiger partial charge in [0.15, 0.2) is 0 Å². The average molecular weight is 270 g/mol. The molecule has 20 heavy (non-hydrogen) atoms. The minimum Gasteiger partial charge on any atom is -0.325 e. The van der Waals surface area contributed by atoms with Crippen LogP contribution in [0, 0.1) is 17.8 Å². The van der Waals surface area contributed by atoms with Crippen molar-refractivity contribution in [1.29, 1.82) is 0 Å². The molecule has 1 aromatic rings. The van der Waals surface area contributed by atoms with Crippen molar-refractivity contribution in [2.75, 3.05) is 11.9 Å².